The highest BCUT2D eigenvalue weighted by molar-refractivity contribution is 9.10. The summed E-state index contributed by atoms with van der Waals surface area (Å²) in [5.41, 5.74) is 0.464. The molecular weight excluding hydrogens is 537 g/mol. The molecule has 10 heteroatoms. The third-order valence-electron chi connectivity index (χ3n) is 5.42. The van der Waals surface area contributed by atoms with Crippen molar-refractivity contribution in [3.8, 4) is 0 Å². The van der Waals surface area contributed by atoms with Gasteiger partial charge in [0.25, 0.3) is 10.0 Å². The van der Waals surface area contributed by atoms with Crippen LogP contribution in [0.2, 0.25) is 0 Å². The van der Waals surface area contributed by atoms with Crippen LogP contribution in [0.25, 0.3) is 0 Å². The molecule has 2 amide bonds. The van der Waals surface area contributed by atoms with Crippen LogP contribution in [0.5, 0.6) is 0 Å². The highest BCUT2D eigenvalue weighted by atomic mass is 79.9. The molecule has 0 fully saturated rings. The van der Waals surface area contributed by atoms with E-state index in [2.05, 4.69) is 21.2 Å². The van der Waals surface area contributed by atoms with Crippen molar-refractivity contribution in [1.82, 2.24) is 10.2 Å². The Morgan fingerprint density at radius 3 is 2.29 bits per heavy atom. The predicted octanol–water partition coefficient (Wildman–Crippen LogP) is 3.95. The van der Waals surface area contributed by atoms with Gasteiger partial charge in [-0.1, -0.05) is 58.4 Å². The Morgan fingerprint density at radius 2 is 1.66 bits per heavy atom. The topological polar surface area (TPSA) is 86.8 Å². The number of benzene rings is 3. The molecule has 0 saturated heterocycles. The van der Waals surface area contributed by atoms with Gasteiger partial charge in [0, 0.05) is 23.6 Å². The highest BCUT2D eigenvalue weighted by Crippen LogP contribution is 2.27. The van der Waals surface area contributed by atoms with E-state index >= 15 is 0 Å². The van der Waals surface area contributed by atoms with Gasteiger partial charge >= 0.3 is 0 Å². The first kappa shape index (κ1) is 26.4. The van der Waals surface area contributed by atoms with Crippen molar-refractivity contribution in [2.24, 2.45) is 0 Å². The fourth-order valence-electron chi connectivity index (χ4n) is 3.48. The Kier molecular flexibility index (Phi) is 8.63. The lowest BCUT2D eigenvalue weighted by Crippen LogP contribution is -2.50. The molecule has 0 unspecified atom stereocenters. The van der Waals surface area contributed by atoms with E-state index in [1.807, 2.05) is 0 Å². The van der Waals surface area contributed by atoms with Crippen LogP contribution < -0.4 is 9.62 Å². The molecule has 3 rings (SSSR count). The Morgan fingerprint density at radius 1 is 1.00 bits per heavy atom. The zero-order chi connectivity index (χ0) is 25.6. The standard InChI is InChI=1S/C25H25BrFN3O4S/c1-18(25(32)28-2)29(16-19-9-6-7-14-23(19)27)24(31)17-30(21-11-8-10-20(26)15-21)35(33,34)22-12-4-3-5-13-22/h3-15,18H,16-17H2,1-2H3,(H,28,32)/t18-/m1/s1. The lowest BCUT2D eigenvalue weighted by atomic mass is 10.1. The van der Waals surface area contributed by atoms with Crippen LogP contribution in [0.4, 0.5) is 10.1 Å². The van der Waals surface area contributed by atoms with E-state index in [-0.39, 0.29) is 22.7 Å². The van der Waals surface area contributed by atoms with Gasteiger partial charge in [0.1, 0.15) is 18.4 Å². The summed E-state index contributed by atoms with van der Waals surface area (Å²) in [7, 11) is -2.71. The fraction of sp³-hybridized carbons (Fsp3) is 0.200. The minimum atomic E-state index is -4.14. The molecule has 3 aromatic rings. The van der Waals surface area contributed by atoms with Gasteiger partial charge in [-0.25, -0.2) is 12.8 Å². The maximum Gasteiger partial charge on any atom is 0.264 e. The van der Waals surface area contributed by atoms with Gasteiger partial charge in [0.15, 0.2) is 0 Å². The van der Waals surface area contributed by atoms with E-state index < -0.39 is 40.2 Å². The van der Waals surface area contributed by atoms with Gasteiger partial charge in [0.2, 0.25) is 11.8 Å². The van der Waals surface area contributed by atoms with Gasteiger partial charge < -0.3 is 10.2 Å². The number of anilines is 1. The summed E-state index contributed by atoms with van der Waals surface area (Å²) in [5, 5.41) is 2.48. The van der Waals surface area contributed by atoms with Crippen molar-refractivity contribution in [1.29, 1.82) is 0 Å². The van der Waals surface area contributed by atoms with Gasteiger partial charge in [0.05, 0.1) is 10.6 Å². The average molecular weight is 562 g/mol. The van der Waals surface area contributed by atoms with Crippen LogP contribution in [-0.2, 0) is 26.2 Å². The molecule has 0 aliphatic rings. The van der Waals surface area contributed by atoms with Gasteiger partial charge in [-0.05, 0) is 43.3 Å². The number of carbonyl (C=O) groups excluding carboxylic acids is 2. The number of carbonyl (C=O) groups is 2. The molecule has 1 atom stereocenters. The minimum absolute atomic E-state index is 0.00720. The van der Waals surface area contributed by atoms with Crippen LogP contribution in [-0.4, -0.2) is 44.8 Å². The van der Waals surface area contributed by atoms with Crippen LogP contribution in [0.1, 0.15) is 12.5 Å². The summed E-state index contributed by atoms with van der Waals surface area (Å²) < 4.78 is 43.2. The van der Waals surface area contributed by atoms with E-state index in [0.29, 0.717) is 4.47 Å². The average Bonchev–Trinajstić information content (AvgIpc) is 2.86. The number of hydrogen-bond donors (Lipinski definition) is 1. The maximum atomic E-state index is 14.4. The second-order valence-corrected chi connectivity index (χ2v) is 10.5. The summed E-state index contributed by atoms with van der Waals surface area (Å²) in [4.78, 5) is 27.2. The number of halogens is 2. The zero-order valence-electron chi connectivity index (χ0n) is 19.2. The molecule has 184 valence electrons. The SMILES string of the molecule is CNC(=O)[C@@H](C)N(Cc1ccccc1F)C(=O)CN(c1cccc(Br)c1)S(=O)(=O)c1ccccc1. The molecule has 0 saturated carbocycles. The molecule has 7 nitrogen and oxygen atoms in total. The van der Waals surface area contributed by atoms with Gasteiger partial charge in [-0.15, -0.1) is 0 Å². The summed E-state index contributed by atoms with van der Waals surface area (Å²) in [5.74, 6) is -1.66. The number of hydrogen-bond acceptors (Lipinski definition) is 4. The quantitative estimate of drug-likeness (QED) is 0.428. The summed E-state index contributed by atoms with van der Waals surface area (Å²) >= 11 is 3.34. The molecule has 0 spiro atoms. The monoisotopic (exact) mass is 561 g/mol. The van der Waals surface area contributed by atoms with E-state index in [1.165, 1.54) is 49.2 Å². The second-order valence-electron chi connectivity index (χ2n) is 7.71. The van der Waals surface area contributed by atoms with Crippen molar-refractivity contribution in [3.05, 3.63) is 94.7 Å². The normalized spacial score (nSPS) is 12.0. The van der Waals surface area contributed by atoms with Crippen molar-refractivity contribution >= 4 is 43.5 Å². The Balaban J connectivity index is 2.04. The first-order valence-corrected chi connectivity index (χ1v) is 13.0. The van der Waals surface area contributed by atoms with E-state index in [1.54, 1.807) is 48.5 Å². The fourth-order valence-corrected chi connectivity index (χ4v) is 5.30. The lowest BCUT2D eigenvalue weighted by molar-refractivity contribution is -0.139. The zero-order valence-corrected chi connectivity index (χ0v) is 21.6. The largest absolute Gasteiger partial charge is 0.357 e. The molecule has 1 N–H and O–H groups in total. The number of likely N-dealkylation sites (N-methyl/N-ethyl adjacent to an activating group) is 1. The predicted molar refractivity (Wildman–Crippen MR) is 136 cm³/mol. The molecule has 0 bridgehead atoms. The van der Waals surface area contributed by atoms with Gasteiger partial charge in [-0.2, -0.15) is 0 Å². The summed E-state index contributed by atoms with van der Waals surface area (Å²) in [6.07, 6.45) is 0. The van der Waals surface area contributed by atoms with E-state index in [0.717, 1.165) is 4.31 Å². The molecule has 0 aromatic heterocycles. The number of nitrogens with zero attached hydrogens (tertiary/aromatic N) is 2. The van der Waals surface area contributed by atoms with Crippen molar-refractivity contribution < 1.29 is 22.4 Å². The Hall–Kier alpha value is -3.24. The molecule has 0 aliphatic heterocycles. The number of amides is 2. The second kappa shape index (κ2) is 11.5. The van der Waals surface area contributed by atoms with Crippen LogP contribution in [0, 0.1) is 5.82 Å². The molecular formula is C25H25BrFN3O4S. The molecule has 0 heterocycles. The Labute approximate surface area is 212 Å². The summed E-state index contributed by atoms with van der Waals surface area (Å²) in [6.45, 7) is 0.702. The van der Waals surface area contributed by atoms with E-state index in [9.17, 15) is 22.4 Å². The van der Waals surface area contributed by atoms with Crippen LogP contribution >= 0.6 is 15.9 Å². The highest BCUT2D eigenvalue weighted by Gasteiger charge is 2.32. The lowest BCUT2D eigenvalue weighted by Gasteiger charge is -2.31. The van der Waals surface area contributed by atoms with Gasteiger partial charge in [-0.3, -0.25) is 13.9 Å². The first-order valence-electron chi connectivity index (χ1n) is 10.7. The first-order chi connectivity index (χ1) is 16.6. The third-order valence-corrected chi connectivity index (χ3v) is 7.70. The third kappa shape index (κ3) is 6.26. The number of nitrogens with one attached hydrogen (secondary N) is 1. The summed E-state index contributed by atoms with van der Waals surface area (Å²) in [6, 6.07) is 19.2. The molecule has 3 aromatic carbocycles. The molecule has 35 heavy (non-hydrogen) atoms. The van der Waals surface area contributed by atoms with Crippen molar-refractivity contribution in [3.63, 3.8) is 0 Å². The Bertz CT molecular complexity index is 1300. The van der Waals surface area contributed by atoms with Crippen molar-refractivity contribution in [2.75, 3.05) is 17.9 Å². The van der Waals surface area contributed by atoms with Crippen molar-refractivity contribution in [2.45, 2.75) is 24.4 Å². The smallest absolute Gasteiger partial charge is 0.264 e. The van der Waals surface area contributed by atoms with E-state index in [4.69, 9.17) is 0 Å². The number of sulfonamides is 1. The van der Waals surface area contributed by atoms with Crippen LogP contribution in [0.15, 0.2) is 88.2 Å². The number of rotatable bonds is 9. The minimum Gasteiger partial charge on any atom is -0.357 e. The maximum absolute atomic E-state index is 14.4. The van der Waals surface area contributed by atoms with Crippen LogP contribution in [0.3, 0.4) is 0 Å². The molecule has 0 radical (unpaired) electrons. The molecule has 0 aliphatic carbocycles.